The van der Waals surface area contributed by atoms with Gasteiger partial charge in [0.2, 0.25) is 0 Å². The lowest BCUT2D eigenvalue weighted by molar-refractivity contribution is -0.0447. The number of carbonyl (C=O) groups excluding carboxylic acids is 1. The van der Waals surface area contributed by atoms with Gasteiger partial charge in [0.25, 0.3) is 5.91 Å². The Bertz CT molecular complexity index is 1490. The first kappa shape index (κ1) is 34.8. The largest absolute Gasteiger partial charge is 0.497 e. The van der Waals surface area contributed by atoms with Crippen LogP contribution in [0.3, 0.4) is 0 Å². The van der Waals surface area contributed by atoms with Crippen LogP contribution >= 0.6 is 0 Å². The summed E-state index contributed by atoms with van der Waals surface area (Å²) in [6.07, 6.45) is 1.21. The average molecular weight is 659 g/mol. The van der Waals surface area contributed by atoms with Crippen LogP contribution in [0, 0.1) is 0 Å². The number of methoxy groups -OCH3 is 2. The molecule has 1 amide bonds. The van der Waals surface area contributed by atoms with Gasteiger partial charge >= 0.3 is 0 Å². The number of hydrogen-bond donors (Lipinski definition) is 2. The molecule has 12 nitrogen and oxygen atoms in total. The quantitative estimate of drug-likeness (QED) is 0.267. The molecule has 0 radical (unpaired) electrons. The predicted molar refractivity (Wildman–Crippen MR) is 180 cm³/mol. The first-order valence-electron chi connectivity index (χ1n) is 15.2. The minimum absolute atomic E-state index is 0.0209. The van der Waals surface area contributed by atoms with Crippen LogP contribution < -0.4 is 20.5 Å². The molecule has 1 fully saturated rings. The Labute approximate surface area is 268 Å². The van der Waals surface area contributed by atoms with Crippen molar-refractivity contribution >= 4 is 39.5 Å². The Balaban J connectivity index is 1.82. The number of aromatic nitrogens is 4. The zero-order valence-corrected chi connectivity index (χ0v) is 30.7. The molecule has 2 unspecified atom stereocenters. The van der Waals surface area contributed by atoms with E-state index in [1.165, 1.54) is 6.33 Å². The van der Waals surface area contributed by atoms with Crippen molar-refractivity contribution in [2.45, 2.75) is 102 Å². The van der Waals surface area contributed by atoms with E-state index in [4.69, 9.17) is 28.8 Å². The zero-order chi connectivity index (χ0) is 33.5. The number of nitrogens with zero attached hydrogens (tertiary/aromatic N) is 4. The number of imidazole rings is 1. The van der Waals surface area contributed by atoms with Crippen molar-refractivity contribution in [3.05, 3.63) is 36.4 Å². The minimum atomic E-state index is -2.42. The normalized spacial score (nSPS) is 21.2. The van der Waals surface area contributed by atoms with Gasteiger partial charge in [0.15, 0.2) is 34.3 Å². The molecule has 45 heavy (non-hydrogen) atoms. The van der Waals surface area contributed by atoms with E-state index in [0.29, 0.717) is 28.2 Å². The fraction of sp³-hybridized carbons (Fsp3) is 0.613. The Hall–Kier alpha value is -3.05. The van der Waals surface area contributed by atoms with Crippen molar-refractivity contribution in [3.63, 3.8) is 0 Å². The summed E-state index contributed by atoms with van der Waals surface area (Å²) >= 11 is 0. The van der Waals surface area contributed by atoms with Gasteiger partial charge in [-0.05, 0) is 48.4 Å². The molecule has 3 N–H and O–H groups in total. The molecule has 3 aromatic rings. The topological polar surface area (TPSA) is 145 Å². The number of benzene rings is 1. The van der Waals surface area contributed by atoms with Crippen molar-refractivity contribution in [1.82, 2.24) is 24.8 Å². The summed E-state index contributed by atoms with van der Waals surface area (Å²) in [6, 6.07) is 4.50. The van der Waals surface area contributed by atoms with E-state index < -0.39 is 41.1 Å². The van der Waals surface area contributed by atoms with E-state index in [1.54, 1.807) is 38.7 Å². The second-order valence-corrected chi connectivity index (χ2v) is 24.2. The molecule has 0 spiro atoms. The van der Waals surface area contributed by atoms with E-state index in [-0.39, 0.29) is 28.4 Å². The van der Waals surface area contributed by atoms with Gasteiger partial charge in [0.1, 0.15) is 35.6 Å². The van der Waals surface area contributed by atoms with Crippen molar-refractivity contribution in [2.75, 3.05) is 26.6 Å². The molecule has 4 rings (SSSR count). The van der Waals surface area contributed by atoms with Crippen LogP contribution in [0.5, 0.6) is 11.5 Å². The molecule has 1 aliphatic rings. The van der Waals surface area contributed by atoms with Crippen LogP contribution in [0.25, 0.3) is 11.2 Å². The van der Waals surface area contributed by atoms with E-state index in [1.807, 2.05) is 4.57 Å². The molecule has 1 saturated heterocycles. The molecular formula is C31H50N6O6Si2. The highest BCUT2D eigenvalue weighted by atomic mass is 28.4. The van der Waals surface area contributed by atoms with E-state index in [0.717, 1.165) is 0 Å². The monoisotopic (exact) mass is 658 g/mol. The minimum Gasteiger partial charge on any atom is -0.497 e. The highest BCUT2D eigenvalue weighted by Crippen LogP contribution is 2.43. The van der Waals surface area contributed by atoms with Crippen LogP contribution in [0.1, 0.15) is 58.1 Å². The van der Waals surface area contributed by atoms with Crippen LogP contribution in [0.4, 0.5) is 5.82 Å². The van der Waals surface area contributed by atoms with Gasteiger partial charge < -0.3 is 34.1 Å². The lowest BCUT2D eigenvalue weighted by atomic mass is 10.1. The van der Waals surface area contributed by atoms with Crippen LogP contribution in [-0.4, -0.2) is 81.1 Å². The number of nitrogens with one attached hydrogen (secondary N) is 1. The molecule has 1 aliphatic heterocycles. The Morgan fingerprint density at radius 1 is 0.956 bits per heavy atom. The van der Waals surface area contributed by atoms with Crippen LogP contribution in [-0.2, 0) is 13.6 Å². The third-order valence-corrected chi connectivity index (χ3v) is 18.5. The average Bonchev–Trinajstić information content (AvgIpc) is 3.52. The van der Waals surface area contributed by atoms with Crippen molar-refractivity contribution in [2.24, 2.45) is 0 Å². The van der Waals surface area contributed by atoms with Gasteiger partial charge in [-0.3, -0.25) is 9.36 Å². The maximum Gasteiger partial charge on any atom is 0.251 e. The van der Waals surface area contributed by atoms with Crippen LogP contribution in [0.2, 0.25) is 36.3 Å². The molecule has 2 aromatic heterocycles. The van der Waals surface area contributed by atoms with Gasteiger partial charge in [-0.15, -0.1) is 0 Å². The Kier molecular flexibility index (Phi) is 9.77. The standard InChI is InChI=1S/C31H50N6O6Si2/c1-30(2,3)44(9,10)41-16-22-23(36-28(38)19-13-20(39-7)15-21(14-19)40-8)25(43-45(11,12)31(4,5)6)29(42-22)37-18-35-24-26(32)33-17-34-27(24)37/h13-15,17-18,22-23,25,29H,16H2,1-12H3,(H,36,38)(H2,32,33,34)/t22-,23?,25?,29-/m1/s1. The number of fused-ring (bicyclic) bond motifs is 1. The number of hydrogen-bond acceptors (Lipinski definition) is 10. The van der Waals surface area contributed by atoms with Crippen molar-refractivity contribution in [1.29, 1.82) is 0 Å². The van der Waals surface area contributed by atoms with Crippen LogP contribution in [0.15, 0.2) is 30.9 Å². The summed E-state index contributed by atoms with van der Waals surface area (Å²) in [4.78, 5) is 27.1. The smallest absolute Gasteiger partial charge is 0.251 e. The number of anilines is 1. The van der Waals surface area contributed by atoms with E-state index in [2.05, 4.69) is 88.0 Å². The van der Waals surface area contributed by atoms with E-state index in [9.17, 15) is 4.79 Å². The second-order valence-electron chi connectivity index (χ2n) is 14.7. The van der Waals surface area contributed by atoms with Gasteiger partial charge in [-0.1, -0.05) is 41.5 Å². The lowest BCUT2D eigenvalue weighted by Gasteiger charge is -2.41. The molecule has 0 aliphatic carbocycles. The van der Waals surface area contributed by atoms with Crippen molar-refractivity contribution < 1.29 is 27.9 Å². The van der Waals surface area contributed by atoms with E-state index >= 15 is 0 Å². The summed E-state index contributed by atoms with van der Waals surface area (Å²) in [7, 11) is -1.50. The number of nitrogen functional groups attached to an aromatic ring is 1. The molecule has 4 atom stereocenters. The fourth-order valence-electron chi connectivity index (χ4n) is 4.66. The third-order valence-electron chi connectivity index (χ3n) is 9.57. The number of carbonyl (C=O) groups is 1. The summed E-state index contributed by atoms with van der Waals surface area (Å²) in [5, 5.41) is 3.12. The highest BCUT2D eigenvalue weighted by molar-refractivity contribution is 6.74. The zero-order valence-electron chi connectivity index (χ0n) is 28.7. The SMILES string of the molecule is COc1cc(OC)cc(C(=O)NC2C(O[Si](C)(C)C(C)(C)C)[C@H](n3cnc4c(N)ncnc43)O[C@@H]2CO[Si](C)(C)C(C)(C)C)c1. The number of rotatable bonds is 10. The number of amides is 1. The second kappa shape index (κ2) is 12.6. The molecule has 3 heterocycles. The maximum atomic E-state index is 14.0. The maximum absolute atomic E-state index is 14.0. The summed E-state index contributed by atoms with van der Waals surface area (Å²) in [6.45, 7) is 22.1. The number of ether oxygens (including phenoxy) is 3. The van der Waals surface area contributed by atoms with Gasteiger partial charge in [0.05, 0.1) is 33.2 Å². The predicted octanol–water partition coefficient (Wildman–Crippen LogP) is 5.53. The third kappa shape index (κ3) is 7.19. The molecule has 0 bridgehead atoms. The summed E-state index contributed by atoms with van der Waals surface area (Å²) < 4.78 is 33.3. The Morgan fingerprint density at radius 2 is 1.56 bits per heavy atom. The first-order chi connectivity index (χ1) is 20.8. The molecule has 14 heteroatoms. The molecule has 0 saturated carbocycles. The van der Waals surface area contributed by atoms with Crippen molar-refractivity contribution in [3.8, 4) is 11.5 Å². The van der Waals surface area contributed by atoms with Gasteiger partial charge in [-0.25, -0.2) is 15.0 Å². The summed E-state index contributed by atoms with van der Waals surface area (Å²) in [5.74, 6) is 0.973. The van der Waals surface area contributed by atoms with Gasteiger partial charge in [-0.2, -0.15) is 0 Å². The highest BCUT2D eigenvalue weighted by Gasteiger charge is 2.52. The first-order valence-corrected chi connectivity index (χ1v) is 21.1. The fourth-order valence-corrected chi connectivity index (χ4v) is 6.97. The molecule has 248 valence electrons. The van der Waals surface area contributed by atoms with Gasteiger partial charge in [0, 0.05) is 11.6 Å². The number of nitrogens with two attached hydrogens (primary N) is 1. The lowest BCUT2D eigenvalue weighted by Crippen LogP contribution is -2.55. The molecular weight excluding hydrogens is 609 g/mol. The molecule has 1 aromatic carbocycles. The Morgan fingerprint density at radius 3 is 2.11 bits per heavy atom. The summed E-state index contributed by atoms with van der Waals surface area (Å²) in [5.41, 5.74) is 7.52.